The van der Waals surface area contributed by atoms with Gasteiger partial charge in [0.05, 0.1) is 12.8 Å². The maximum atomic E-state index is 13.4. The van der Waals surface area contributed by atoms with Gasteiger partial charge in [0.1, 0.15) is 5.82 Å². The quantitative estimate of drug-likeness (QED) is 0.811. The van der Waals surface area contributed by atoms with Crippen LogP contribution < -0.4 is 4.90 Å². The third kappa shape index (κ3) is 3.41. The molecule has 0 aromatic carbocycles. The summed E-state index contributed by atoms with van der Waals surface area (Å²) >= 11 is 0. The molecule has 16 heavy (non-hydrogen) atoms. The predicted octanol–water partition coefficient (Wildman–Crippen LogP) is 1.96. The number of unbranched alkanes of at least 4 members (excludes halogenated alkanes) is 1. The Kier molecular flexibility index (Phi) is 5.11. The molecule has 1 rings (SSSR count). The van der Waals surface area contributed by atoms with E-state index in [-0.39, 0.29) is 12.4 Å². The van der Waals surface area contributed by atoms with Gasteiger partial charge in [-0.25, -0.2) is 13.8 Å². The first kappa shape index (κ1) is 12.8. The number of halogens is 2. The summed E-state index contributed by atoms with van der Waals surface area (Å²) in [7, 11) is 0. The minimum absolute atomic E-state index is 0.0811. The Labute approximate surface area is 93.7 Å². The van der Waals surface area contributed by atoms with Crippen molar-refractivity contribution >= 4 is 5.82 Å². The van der Waals surface area contributed by atoms with Crippen LogP contribution in [0.3, 0.4) is 0 Å². The molecular formula is C11H16F2N2O. The van der Waals surface area contributed by atoms with Crippen LogP contribution in [0.25, 0.3) is 0 Å². The van der Waals surface area contributed by atoms with Crippen molar-refractivity contribution in [2.75, 3.05) is 24.6 Å². The van der Waals surface area contributed by atoms with E-state index in [0.717, 1.165) is 25.1 Å². The lowest BCUT2D eigenvalue weighted by Gasteiger charge is -2.22. The Bertz CT molecular complexity index is 334. The van der Waals surface area contributed by atoms with Crippen molar-refractivity contribution in [1.82, 2.24) is 4.98 Å². The number of nitrogens with zero attached hydrogens (tertiary/aromatic N) is 2. The van der Waals surface area contributed by atoms with Crippen LogP contribution in [-0.4, -0.2) is 29.8 Å². The molecule has 0 radical (unpaired) electrons. The molecule has 0 fully saturated rings. The van der Waals surface area contributed by atoms with Gasteiger partial charge in [-0.05, 0) is 6.42 Å². The summed E-state index contributed by atoms with van der Waals surface area (Å²) in [5, 5.41) is 8.88. The van der Waals surface area contributed by atoms with Gasteiger partial charge in [0.15, 0.2) is 11.6 Å². The second-order valence-electron chi connectivity index (χ2n) is 3.52. The van der Waals surface area contributed by atoms with Gasteiger partial charge < -0.3 is 10.0 Å². The molecule has 1 N–H and O–H groups in total. The molecule has 90 valence electrons. The number of pyridine rings is 1. The van der Waals surface area contributed by atoms with E-state index in [2.05, 4.69) is 4.98 Å². The van der Waals surface area contributed by atoms with Crippen molar-refractivity contribution in [3.05, 3.63) is 23.9 Å². The average Bonchev–Trinajstić information content (AvgIpc) is 2.25. The Hall–Kier alpha value is -1.23. The van der Waals surface area contributed by atoms with E-state index in [9.17, 15) is 8.78 Å². The Morgan fingerprint density at radius 1 is 1.38 bits per heavy atom. The normalized spacial score (nSPS) is 10.5. The number of anilines is 1. The molecule has 5 heteroatoms. The van der Waals surface area contributed by atoms with Crippen LogP contribution in [0.1, 0.15) is 19.8 Å². The fourth-order valence-corrected chi connectivity index (χ4v) is 1.43. The molecule has 1 aromatic rings. The Balaban J connectivity index is 2.82. The van der Waals surface area contributed by atoms with Crippen LogP contribution in [0.5, 0.6) is 0 Å². The fraction of sp³-hybridized carbons (Fsp3) is 0.545. The maximum Gasteiger partial charge on any atom is 0.168 e. The van der Waals surface area contributed by atoms with E-state index in [1.54, 1.807) is 4.90 Å². The maximum absolute atomic E-state index is 13.4. The van der Waals surface area contributed by atoms with E-state index >= 15 is 0 Å². The molecule has 0 aliphatic carbocycles. The van der Waals surface area contributed by atoms with Crippen LogP contribution in [0.4, 0.5) is 14.6 Å². The van der Waals surface area contributed by atoms with Crippen LogP contribution >= 0.6 is 0 Å². The SMILES string of the molecule is CCCCN(CCO)c1ncc(F)cc1F. The Morgan fingerprint density at radius 2 is 2.12 bits per heavy atom. The van der Waals surface area contributed by atoms with Crippen molar-refractivity contribution in [2.45, 2.75) is 19.8 Å². The van der Waals surface area contributed by atoms with Crippen molar-refractivity contribution < 1.29 is 13.9 Å². The third-order valence-corrected chi connectivity index (χ3v) is 2.24. The van der Waals surface area contributed by atoms with Crippen molar-refractivity contribution in [3.8, 4) is 0 Å². The lowest BCUT2D eigenvalue weighted by atomic mass is 10.3. The first-order valence-electron chi connectivity index (χ1n) is 5.36. The van der Waals surface area contributed by atoms with Crippen molar-refractivity contribution in [1.29, 1.82) is 0 Å². The summed E-state index contributed by atoms with van der Waals surface area (Å²) in [5.41, 5.74) is 0. The summed E-state index contributed by atoms with van der Waals surface area (Å²) in [5.74, 6) is -1.28. The first-order chi connectivity index (χ1) is 7.69. The summed E-state index contributed by atoms with van der Waals surface area (Å²) in [6, 6.07) is 0.804. The zero-order valence-electron chi connectivity index (χ0n) is 9.29. The number of hydrogen-bond acceptors (Lipinski definition) is 3. The van der Waals surface area contributed by atoms with E-state index in [1.165, 1.54) is 0 Å². The van der Waals surface area contributed by atoms with E-state index in [1.807, 2.05) is 6.92 Å². The van der Waals surface area contributed by atoms with Crippen LogP contribution in [-0.2, 0) is 0 Å². The molecule has 0 spiro atoms. The van der Waals surface area contributed by atoms with Gasteiger partial charge in [-0.3, -0.25) is 0 Å². The molecule has 0 aliphatic rings. The average molecular weight is 230 g/mol. The van der Waals surface area contributed by atoms with Gasteiger partial charge in [0, 0.05) is 19.2 Å². The van der Waals surface area contributed by atoms with Gasteiger partial charge in [-0.2, -0.15) is 0 Å². The number of aliphatic hydroxyl groups is 1. The van der Waals surface area contributed by atoms with Crippen LogP contribution in [0, 0.1) is 11.6 Å². The summed E-state index contributed by atoms with van der Waals surface area (Å²) in [6.45, 7) is 2.84. The highest BCUT2D eigenvalue weighted by Crippen LogP contribution is 2.16. The van der Waals surface area contributed by atoms with Crippen molar-refractivity contribution in [2.24, 2.45) is 0 Å². The topological polar surface area (TPSA) is 36.4 Å². The molecule has 0 amide bonds. The molecule has 0 saturated heterocycles. The molecule has 1 aromatic heterocycles. The molecule has 0 unspecified atom stereocenters. The molecule has 0 aliphatic heterocycles. The lowest BCUT2D eigenvalue weighted by molar-refractivity contribution is 0.300. The third-order valence-electron chi connectivity index (χ3n) is 2.24. The minimum Gasteiger partial charge on any atom is -0.395 e. The molecule has 3 nitrogen and oxygen atoms in total. The van der Waals surface area contributed by atoms with Crippen LogP contribution in [0.15, 0.2) is 12.3 Å². The van der Waals surface area contributed by atoms with E-state index < -0.39 is 11.6 Å². The number of aromatic nitrogens is 1. The zero-order valence-corrected chi connectivity index (χ0v) is 9.29. The second-order valence-corrected chi connectivity index (χ2v) is 3.52. The molecule has 0 atom stereocenters. The molecular weight excluding hydrogens is 214 g/mol. The molecule has 0 saturated carbocycles. The first-order valence-corrected chi connectivity index (χ1v) is 5.36. The number of hydrogen-bond donors (Lipinski definition) is 1. The summed E-state index contributed by atoms with van der Waals surface area (Å²) in [6.07, 6.45) is 2.82. The van der Waals surface area contributed by atoms with Gasteiger partial charge >= 0.3 is 0 Å². The molecule has 1 heterocycles. The van der Waals surface area contributed by atoms with Crippen molar-refractivity contribution in [3.63, 3.8) is 0 Å². The van der Waals surface area contributed by atoms with E-state index in [4.69, 9.17) is 5.11 Å². The zero-order chi connectivity index (χ0) is 12.0. The van der Waals surface area contributed by atoms with E-state index in [0.29, 0.717) is 13.1 Å². The second kappa shape index (κ2) is 6.37. The monoisotopic (exact) mass is 230 g/mol. The minimum atomic E-state index is -0.694. The lowest BCUT2D eigenvalue weighted by Crippen LogP contribution is -2.29. The van der Waals surface area contributed by atoms with Gasteiger partial charge in [0.2, 0.25) is 0 Å². The van der Waals surface area contributed by atoms with Crippen LogP contribution in [0.2, 0.25) is 0 Å². The van der Waals surface area contributed by atoms with Gasteiger partial charge in [-0.15, -0.1) is 0 Å². The summed E-state index contributed by atoms with van der Waals surface area (Å²) in [4.78, 5) is 5.34. The fourth-order valence-electron chi connectivity index (χ4n) is 1.43. The largest absolute Gasteiger partial charge is 0.395 e. The van der Waals surface area contributed by atoms with Gasteiger partial charge in [0.25, 0.3) is 0 Å². The number of aliphatic hydroxyl groups excluding tert-OH is 1. The summed E-state index contributed by atoms with van der Waals surface area (Å²) < 4.78 is 26.1. The smallest absolute Gasteiger partial charge is 0.168 e. The molecule has 0 bridgehead atoms. The standard InChI is InChI=1S/C11H16F2N2O/c1-2-3-4-15(5-6-16)11-10(13)7-9(12)8-14-11/h7-8,16H,2-6H2,1H3. The highest BCUT2D eigenvalue weighted by Gasteiger charge is 2.12. The Morgan fingerprint density at radius 3 is 2.69 bits per heavy atom. The number of rotatable bonds is 6. The highest BCUT2D eigenvalue weighted by molar-refractivity contribution is 5.39. The predicted molar refractivity (Wildman–Crippen MR) is 58.4 cm³/mol. The van der Waals surface area contributed by atoms with Gasteiger partial charge in [-0.1, -0.05) is 13.3 Å². The highest BCUT2D eigenvalue weighted by atomic mass is 19.1.